The van der Waals surface area contributed by atoms with Crippen LogP contribution < -0.4 is 0 Å². The van der Waals surface area contributed by atoms with Gasteiger partial charge in [-0.15, -0.1) is 0 Å². The maximum atomic E-state index is 12.0. The Morgan fingerprint density at radius 1 is 1.06 bits per heavy atom. The average molecular weight is 238 g/mol. The molecule has 2 aliphatic rings. The van der Waals surface area contributed by atoms with Crippen LogP contribution in [0.5, 0.6) is 0 Å². The first-order chi connectivity index (χ1) is 7.70. The van der Waals surface area contributed by atoms with Crippen LogP contribution in [0.4, 0.5) is 0 Å². The van der Waals surface area contributed by atoms with E-state index in [-0.39, 0.29) is 11.6 Å². The number of hydrogen-bond acceptors (Lipinski definition) is 2. The van der Waals surface area contributed by atoms with Crippen LogP contribution >= 0.6 is 0 Å². The minimum absolute atomic E-state index is 0.0646. The fourth-order valence-corrected chi connectivity index (χ4v) is 3.56. The van der Waals surface area contributed by atoms with Crippen molar-refractivity contribution in [3.8, 4) is 0 Å². The molecule has 0 radical (unpaired) electrons. The normalized spacial score (nSPS) is 32.9. The molecule has 2 fully saturated rings. The molecule has 3 unspecified atom stereocenters. The largest absolute Gasteiger partial charge is 0.459 e. The molecule has 98 valence electrons. The molecule has 2 bridgehead atoms. The molecule has 0 aromatic rings. The smallest absolute Gasteiger partial charge is 0.311 e. The number of rotatable bonds is 2. The van der Waals surface area contributed by atoms with Gasteiger partial charge in [-0.2, -0.15) is 0 Å². The number of esters is 1. The van der Waals surface area contributed by atoms with Crippen LogP contribution in [0, 0.1) is 23.2 Å². The number of hydrogen-bond donors (Lipinski definition) is 0. The Balaban J connectivity index is 2.02. The Kier molecular flexibility index (Phi) is 3.04. The third kappa shape index (κ3) is 2.51. The first-order valence-electron chi connectivity index (χ1n) is 6.93. The van der Waals surface area contributed by atoms with Gasteiger partial charge >= 0.3 is 5.97 Å². The zero-order chi connectivity index (χ0) is 12.8. The summed E-state index contributed by atoms with van der Waals surface area (Å²) in [4.78, 5) is 12.0. The summed E-state index contributed by atoms with van der Waals surface area (Å²) in [5.74, 6) is 2.21. The molecule has 0 aromatic carbocycles. The van der Waals surface area contributed by atoms with Crippen molar-refractivity contribution in [1.82, 2.24) is 0 Å². The first kappa shape index (κ1) is 12.9. The SMILES string of the molecule is CC(C)(C)C(=O)OC(C)(C)C1CC2CCC1C2. The molecule has 17 heavy (non-hydrogen) atoms. The first-order valence-corrected chi connectivity index (χ1v) is 6.93. The third-order valence-electron chi connectivity index (χ3n) is 4.60. The predicted octanol–water partition coefficient (Wildman–Crippen LogP) is 3.79. The number of carbonyl (C=O) groups excluding carboxylic acids is 1. The summed E-state index contributed by atoms with van der Waals surface area (Å²) in [5.41, 5.74) is -0.681. The van der Waals surface area contributed by atoms with Crippen molar-refractivity contribution in [1.29, 1.82) is 0 Å². The van der Waals surface area contributed by atoms with Gasteiger partial charge in [0.2, 0.25) is 0 Å². The Labute approximate surface area is 105 Å². The third-order valence-corrected chi connectivity index (χ3v) is 4.60. The summed E-state index contributed by atoms with van der Waals surface area (Å²) < 4.78 is 5.80. The molecule has 2 nitrogen and oxygen atoms in total. The van der Waals surface area contributed by atoms with Crippen LogP contribution in [0.3, 0.4) is 0 Å². The van der Waals surface area contributed by atoms with Crippen molar-refractivity contribution in [3.05, 3.63) is 0 Å². The van der Waals surface area contributed by atoms with E-state index in [2.05, 4.69) is 13.8 Å². The quantitative estimate of drug-likeness (QED) is 0.684. The van der Waals surface area contributed by atoms with Gasteiger partial charge in [0.25, 0.3) is 0 Å². The van der Waals surface area contributed by atoms with Gasteiger partial charge in [0, 0.05) is 5.92 Å². The predicted molar refractivity (Wildman–Crippen MR) is 68.6 cm³/mol. The molecule has 2 rings (SSSR count). The van der Waals surface area contributed by atoms with E-state index in [0.717, 1.165) is 11.8 Å². The summed E-state index contributed by atoms with van der Waals surface area (Å²) in [5, 5.41) is 0. The van der Waals surface area contributed by atoms with Crippen LogP contribution in [0.1, 0.15) is 60.3 Å². The van der Waals surface area contributed by atoms with Gasteiger partial charge in [-0.25, -0.2) is 0 Å². The Morgan fingerprint density at radius 2 is 1.71 bits per heavy atom. The highest BCUT2D eigenvalue weighted by Gasteiger charge is 2.48. The highest BCUT2D eigenvalue weighted by Crippen LogP contribution is 2.53. The van der Waals surface area contributed by atoms with E-state index in [1.807, 2.05) is 20.8 Å². The van der Waals surface area contributed by atoms with Crippen molar-refractivity contribution >= 4 is 5.97 Å². The summed E-state index contributed by atoms with van der Waals surface area (Å²) in [6.45, 7) is 9.97. The molecular formula is C15H26O2. The lowest BCUT2D eigenvalue weighted by molar-refractivity contribution is -0.173. The second-order valence-corrected chi connectivity index (χ2v) is 7.52. The van der Waals surface area contributed by atoms with Crippen LogP contribution in [-0.2, 0) is 9.53 Å². The van der Waals surface area contributed by atoms with E-state index >= 15 is 0 Å². The van der Waals surface area contributed by atoms with Crippen molar-refractivity contribution in [3.63, 3.8) is 0 Å². The molecule has 3 atom stereocenters. The second-order valence-electron chi connectivity index (χ2n) is 7.52. The van der Waals surface area contributed by atoms with Crippen molar-refractivity contribution in [2.24, 2.45) is 23.2 Å². The Hall–Kier alpha value is -0.530. The number of fused-ring (bicyclic) bond motifs is 2. The maximum absolute atomic E-state index is 12.0. The Morgan fingerprint density at radius 3 is 2.12 bits per heavy atom. The lowest BCUT2D eigenvalue weighted by Gasteiger charge is -2.38. The van der Waals surface area contributed by atoms with Crippen LogP contribution in [0.2, 0.25) is 0 Å². The molecule has 0 heterocycles. The van der Waals surface area contributed by atoms with Crippen LogP contribution in [0.15, 0.2) is 0 Å². The van der Waals surface area contributed by atoms with E-state index in [4.69, 9.17) is 4.74 Å². The van der Waals surface area contributed by atoms with Crippen molar-refractivity contribution < 1.29 is 9.53 Å². The van der Waals surface area contributed by atoms with Crippen molar-refractivity contribution in [2.45, 2.75) is 65.9 Å². The zero-order valence-corrected chi connectivity index (χ0v) is 11.9. The summed E-state index contributed by atoms with van der Waals surface area (Å²) >= 11 is 0. The summed E-state index contributed by atoms with van der Waals surface area (Å²) in [7, 11) is 0. The van der Waals surface area contributed by atoms with Crippen LogP contribution in [-0.4, -0.2) is 11.6 Å². The lowest BCUT2D eigenvalue weighted by Crippen LogP contribution is -2.42. The fraction of sp³-hybridized carbons (Fsp3) is 0.933. The Bertz CT molecular complexity index is 311. The zero-order valence-electron chi connectivity index (χ0n) is 11.9. The molecule has 0 aliphatic heterocycles. The average Bonchev–Trinajstić information content (AvgIpc) is 2.76. The summed E-state index contributed by atoms with van der Waals surface area (Å²) in [6.07, 6.45) is 5.35. The highest BCUT2D eigenvalue weighted by molar-refractivity contribution is 5.75. The van der Waals surface area contributed by atoms with E-state index in [9.17, 15) is 4.79 Å². The van der Waals surface area contributed by atoms with Gasteiger partial charge in [0.1, 0.15) is 5.60 Å². The van der Waals surface area contributed by atoms with Gasteiger partial charge in [-0.3, -0.25) is 4.79 Å². The maximum Gasteiger partial charge on any atom is 0.311 e. The highest BCUT2D eigenvalue weighted by atomic mass is 16.6. The lowest BCUT2D eigenvalue weighted by atomic mass is 9.78. The minimum Gasteiger partial charge on any atom is -0.459 e. The molecule has 0 saturated heterocycles. The van der Waals surface area contributed by atoms with E-state index in [0.29, 0.717) is 5.92 Å². The number of ether oxygens (including phenoxy) is 1. The van der Waals surface area contributed by atoms with E-state index in [1.165, 1.54) is 25.7 Å². The van der Waals surface area contributed by atoms with Gasteiger partial charge in [0.05, 0.1) is 5.41 Å². The van der Waals surface area contributed by atoms with Crippen LogP contribution in [0.25, 0.3) is 0 Å². The monoisotopic (exact) mass is 238 g/mol. The molecule has 0 amide bonds. The fourth-order valence-electron chi connectivity index (χ4n) is 3.56. The molecular weight excluding hydrogens is 212 g/mol. The standard InChI is InChI=1S/C15H26O2/c1-14(2,3)13(16)17-15(4,5)12-9-10-6-7-11(12)8-10/h10-12H,6-9H2,1-5H3. The minimum atomic E-state index is -0.394. The molecule has 2 heteroatoms. The van der Waals surface area contributed by atoms with Crippen molar-refractivity contribution in [2.75, 3.05) is 0 Å². The van der Waals surface area contributed by atoms with Gasteiger partial charge in [-0.05, 0) is 65.7 Å². The topological polar surface area (TPSA) is 26.3 Å². The van der Waals surface area contributed by atoms with Gasteiger partial charge in [0.15, 0.2) is 0 Å². The van der Waals surface area contributed by atoms with Gasteiger partial charge < -0.3 is 4.74 Å². The number of carbonyl (C=O) groups is 1. The van der Waals surface area contributed by atoms with E-state index < -0.39 is 5.41 Å². The molecule has 0 N–H and O–H groups in total. The second kappa shape index (κ2) is 4.00. The molecule has 0 spiro atoms. The molecule has 2 saturated carbocycles. The summed E-state index contributed by atoms with van der Waals surface area (Å²) in [6, 6.07) is 0. The molecule has 0 aromatic heterocycles. The van der Waals surface area contributed by atoms with Gasteiger partial charge in [-0.1, -0.05) is 6.42 Å². The van der Waals surface area contributed by atoms with E-state index in [1.54, 1.807) is 0 Å². The molecule has 2 aliphatic carbocycles.